The van der Waals surface area contributed by atoms with Crippen molar-refractivity contribution in [2.75, 3.05) is 20.2 Å². The molecule has 4 rings (SSSR count). The fourth-order valence-electron chi connectivity index (χ4n) is 3.51. The summed E-state index contributed by atoms with van der Waals surface area (Å²) in [5, 5.41) is 0. The Hall–Kier alpha value is -2.78. The molecular weight excluding hydrogens is 322 g/mol. The van der Waals surface area contributed by atoms with Gasteiger partial charge in [0.25, 0.3) is 0 Å². The molecule has 1 saturated heterocycles. The Labute approximate surface area is 154 Å². The first-order valence-electron chi connectivity index (χ1n) is 8.98. The summed E-state index contributed by atoms with van der Waals surface area (Å²) in [7, 11) is 1.68. The molecule has 0 N–H and O–H groups in total. The van der Waals surface area contributed by atoms with Crippen LogP contribution in [-0.4, -0.2) is 31.2 Å². The molecule has 0 bridgehead atoms. The van der Waals surface area contributed by atoms with Crippen LogP contribution in [0.1, 0.15) is 17.2 Å². The van der Waals surface area contributed by atoms with E-state index in [1.807, 2.05) is 24.3 Å². The average Bonchev–Trinajstić information content (AvgIpc) is 2.68. The van der Waals surface area contributed by atoms with E-state index in [2.05, 4.69) is 65.6 Å². The molecule has 1 fully saturated rings. The predicted molar refractivity (Wildman–Crippen MR) is 104 cm³/mol. The van der Waals surface area contributed by atoms with Crippen molar-refractivity contribution in [1.29, 1.82) is 0 Å². The second kappa shape index (κ2) is 7.63. The molecule has 0 aliphatic carbocycles. The maximum atomic E-state index is 6.12. The summed E-state index contributed by atoms with van der Waals surface area (Å²) in [6.07, 6.45) is 0.206. The number of ether oxygens (including phenoxy) is 2. The van der Waals surface area contributed by atoms with E-state index in [0.29, 0.717) is 0 Å². The molecular formula is C23H23NO2. The molecule has 3 aromatic carbocycles. The predicted octanol–water partition coefficient (Wildman–Crippen LogP) is 4.55. The number of hydrogen-bond acceptors (Lipinski definition) is 3. The minimum absolute atomic E-state index is 0.206. The van der Waals surface area contributed by atoms with E-state index in [0.717, 1.165) is 24.6 Å². The molecule has 0 atom stereocenters. The van der Waals surface area contributed by atoms with Crippen LogP contribution in [-0.2, 0) is 0 Å². The average molecular weight is 345 g/mol. The van der Waals surface area contributed by atoms with Gasteiger partial charge in [-0.3, -0.25) is 4.90 Å². The van der Waals surface area contributed by atoms with Crippen molar-refractivity contribution in [1.82, 2.24) is 4.90 Å². The molecule has 0 amide bonds. The number of benzene rings is 3. The summed E-state index contributed by atoms with van der Waals surface area (Å²) in [6, 6.07) is 29.4. The number of hydrogen-bond donors (Lipinski definition) is 0. The van der Waals surface area contributed by atoms with Crippen molar-refractivity contribution in [3.05, 3.63) is 96.1 Å². The number of methoxy groups -OCH3 is 1. The fraction of sp³-hybridized carbons (Fsp3) is 0.217. The topological polar surface area (TPSA) is 21.7 Å². The summed E-state index contributed by atoms with van der Waals surface area (Å²) in [5.41, 5.74) is 2.64. The summed E-state index contributed by atoms with van der Waals surface area (Å²) in [4.78, 5) is 2.47. The summed E-state index contributed by atoms with van der Waals surface area (Å²) in [6.45, 7) is 1.82. The molecule has 3 heteroatoms. The van der Waals surface area contributed by atoms with Crippen molar-refractivity contribution in [2.24, 2.45) is 0 Å². The lowest BCUT2D eigenvalue weighted by molar-refractivity contribution is 0.000203. The molecule has 1 aliphatic rings. The van der Waals surface area contributed by atoms with Crippen LogP contribution < -0.4 is 9.47 Å². The zero-order chi connectivity index (χ0) is 17.8. The molecule has 26 heavy (non-hydrogen) atoms. The lowest BCUT2D eigenvalue weighted by Gasteiger charge is -2.44. The van der Waals surface area contributed by atoms with Gasteiger partial charge in [-0.1, -0.05) is 66.7 Å². The van der Waals surface area contributed by atoms with E-state index in [1.165, 1.54) is 11.1 Å². The molecule has 132 valence electrons. The smallest absolute Gasteiger partial charge is 0.124 e. The van der Waals surface area contributed by atoms with E-state index in [-0.39, 0.29) is 12.1 Å². The highest BCUT2D eigenvalue weighted by atomic mass is 16.5. The molecule has 3 nitrogen and oxygen atoms in total. The fourth-order valence-corrected chi connectivity index (χ4v) is 3.51. The third kappa shape index (κ3) is 3.58. The molecule has 0 aromatic heterocycles. The van der Waals surface area contributed by atoms with E-state index < -0.39 is 0 Å². The first-order valence-corrected chi connectivity index (χ1v) is 8.98. The van der Waals surface area contributed by atoms with Crippen molar-refractivity contribution >= 4 is 0 Å². The highest BCUT2D eigenvalue weighted by Crippen LogP contribution is 2.33. The van der Waals surface area contributed by atoms with Gasteiger partial charge in [0, 0.05) is 19.2 Å². The molecule has 3 aromatic rings. The Morgan fingerprint density at radius 1 is 0.769 bits per heavy atom. The van der Waals surface area contributed by atoms with Crippen LogP contribution in [0.2, 0.25) is 0 Å². The van der Waals surface area contributed by atoms with E-state index >= 15 is 0 Å². The molecule has 0 unspecified atom stereocenters. The van der Waals surface area contributed by atoms with Gasteiger partial charge < -0.3 is 9.47 Å². The number of likely N-dealkylation sites (tertiary alicyclic amines) is 1. The van der Waals surface area contributed by atoms with Crippen molar-refractivity contribution in [3.8, 4) is 11.5 Å². The largest absolute Gasteiger partial charge is 0.497 e. The van der Waals surface area contributed by atoms with Crippen molar-refractivity contribution < 1.29 is 9.47 Å². The molecule has 0 spiro atoms. The van der Waals surface area contributed by atoms with Crippen LogP contribution in [0.5, 0.6) is 11.5 Å². The van der Waals surface area contributed by atoms with E-state index in [9.17, 15) is 0 Å². The van der Waals surface area contributed by atoms with Crippen molar-refractivity contribution in [2.45, 2.75) is 12.1 Å². The maximum Gasteiger partial charge on any atom is 0.124 e. The Morgan fingerprint density at radius 2 is 1.35 bits per heavy atom. The second-order valence-corrected chi connectivity index (χ2v) is 6.60. The monoisotopic (exact) mass is 345 g/mol. The van der Waals surface area contributed by atoms with Gasteiger partial charge in [-0.2, -0.15) is 0 Å². The van der Waals surface area contributed by atoms with E-state index in [4.69, 9.17) is 9.47 Å². The van der Waals surface area contributed by atoms with Gasteiger partial charge in [-0.25, -0.2) is 0 Å². The SMILES string of the molecule is COc1cccc(OC2CN(C(c3ccccc3)c3ccccc3)C2)c1. The van der Waals surface area contributed by atoms with Gasteiger partial charge in [-0.05, 0) is 23.3 Å². The minimum Gasteiger partial charge on any atom is -0.497 e. The number of rotatable bonds is 6. The molecule has 1 aliphatic heterocycles. The summed E-state index contributed by atoms with van der Waals surface area (Å²) in [5.74, 6) is 1.69. The highest BCUT2D eigenvalue weighted by molar-refractivity contribution is 5.34. The number of nitrogens with zero attached hydrogens (tertiary/aromatic N) is 1. The highest BCUT2D eigenvalue weighted by Gasteiger charge is 2.35. The summed E-state index contributed by atoms with van der Waals surface area (Å²) >= 11 is 0. The van der Waals surface area contributed by atoms with Gasteiger partial charge in [-0.15, -0.1) is 0 Å². The first kappa shape index (κ1) is 16.7. The van der Waals surface area contributed by atoms with Gasteiger partial charge in [0.2, 0.25) is 0 Å². The van der Waals surface area contributed by atoms with Gasteiger partial charge >= 0.3 is 0 Å². The second-order valence-electron chi connectivity index (χ2n) is 6.60. The normalized spacial score (nSPS) is 14.8. The summed E-state index contributed by atoms with van der Waals surface area (Å²) < 4.78 is 11.4. The van der Waals surface area contributed by atoms with Crippen LogP contribution >= 0.6 is 0 Å². The van der Waals surface area contributed by atoms with Gasteiger partial charge in [0.05, 0.1) is 13.2 Å². The maximum absolute atomic E-state index is 6.12. The minimum atomic E-state index is 0.206. The van der Waals surface area contributed by atoms with Gasteiger partial charge in [0.1, 0.15) is 17.6 Å². The van der Waals surface area contributed by atoms with E-state index in [1.54, 1.807) is 7.11 Å². The standard InChI is InChI=1S/C23H23NO2/c1-25-20-13-8-14-21(15-20)26-22-16-24(17-22)23(18-9-4-2-5-10-18)19-11-6-3-7-12-19/h2-15,22-23H,16-17H2,1H3. The Balaban J connectivity index is 1.47. The third-order valence-electron chi connectivity index (χ3n) is 4.82. The zero-order valence-electron chi connectivity index (χ0n) is 14.9. The Bertz CT molecular complexity index is 790. The van der Waals surface area contributed by atoms with Crippen LogP contribution in [0.25, 0.3) is 0 Å². The quantitative estimate of drug-likeness (QED) is 0.654. The third-order valence-corrected chi connectivity index (χ3v) is 4.82. The Morgan fingerprint density at radius 3 is 1.92 bits per heavy atom. The zero-order valence-corrected chi connectivity index (χ0v) is 14.9. The molecule has 0 saturated carbocycles. The van der Waals surface area contributed by atoms with Crippen LogP contribution in [0.15, 0.2) is 84.9 Å². The van der Waals surface area contributed by atoms with Crippen LogP contribution in [0, 0.1) is 0 Å². The molecule has 1 heterocycles. The van der Waals surface area contributed by atoms with Crippen LogP contribution in [0.3, 0.4) is 0 Å². The Kier molecular flexibility index (Phi) is 4.89. The van der Waals surface area contributed by atoms with Gasteiger partial charge in [0.15, 0.2) is 0 Å². The lowest BCUT2D eigenvalue weighted by atomic mass is 9.94. The van der Waals surface area contributed by atoms with Crippen LogP contribution in [0.4, 0.5) is 0 Å². The first-order chi connectivity index (χ1) is 12.8. The van der Waals surface area contributed by atoms with Crippen molar-refractivity contribution in [3.63, 3.8) is 0 Å². The molecule has 0 radical (unpaired) electrons. The lowest BCUT2D eigenvalue weighted by Crippen LogP contribution is -2.55.